The molecule has 1 fully saturated rings. The van der Waals surface area contributed by atoms with Crippen LogP contribution in [0.4, 0.5) is 4.39 Å². The maximum absolute atomic E-state index is 13.1. The number of hydrogen-bond donors (Lipinski definition) is 2. The van der Waals surface area contributed by atoms with Gasteiger partial charge >= 0.3 is 0 Å². The topological polar surface area (TPSA) is 78.6 Å². The predicted molar refractivity (Wildman–Crippen MR) is 94.3 cm³/mol. The zero-order valence-electron chi connectivity index (χ0n) is 15.1. The zero-order valence-corrected chi connectivity index (χ0v) is 15.1. The number of likely N-dealkylation sites (tertiary alicyclic amines) is 1. The number of benzene rings is 1. The lowest BCUT2D eigenvalue weighted by atomic mass is 9.84. The minimum Gasteiger partial charge on any atom is -0.385 e. The van der Waals surface area contributed by atoms with Gasteiger partial charge in [-0.1, -0.05) is 17.3 Å². The Morgan fingerprint density at radius 2 is 1.96 bits per heavy atom. The number of nitrogens with zero attached hydrogens (tertiary/aromatic N) is 2. The van der Waals surface area contributed by atoms with E-state index in [1.807, 2.05) is 0 Å². The van der Waals surface area contributed by atoms with E-state index < -0.39 is 5.60 Å². The van der Waals surface area contributed by atoms with Gasteiger partial charge in [0.05, 0.1) is 11.3 Å². The number of halogens is 1. The molecular formula is C19H24FN3O3. The Labute approximate surface area is 152 Å². The van der Waals surface area contributed by atoms with E-state index in [-0.39, 0.29) is 11.7 Å². The first-order valence-corrected chi connectivity index (χ1v) is 8.81. The molecule has 0 radical (unpaired) electrons. The summed E-state index contributed by atoms with van der Waals surface area (Å²) in [6.45, 7) is 6.11. The van der Waals surface area contributed by atoms with E-state index in [0.29, 0.717) is 42.9 Å². The molecule has 1 aliphatic rings. The molecule has 1 aliphatic heterocycles. The normalized spacial score (nSPS) is 17.2. The lowest BCUT2D eigenvalue weighted by Crippen LogP contribution is -2.45. The fourth-order valence-corrected chi connectivity index (χ4v) is 3.42. The first-order chi connectivity index (χ1) is 12.4. The maximum atomic E-state index is 13.1. The van der Waals surface area contributed by atoms with Crippen molar-refractivity contribution in [1.29, 1.82) is 0 Å². The SMILES string of the molecule is Cc1noc(C)c1C(=O)NCCN1CCC(O)(c2ccc(F)cc2)CC1. The number of rotatable bonds is 5. The van der Waals surface area contributed by atoms with Crippen molar-refractivity contribution in [1.82, 2.24) is 15.4 Å². The number of aryl methyl sites for hydroxylation is 2. The Hall–Kier alpha value is -2.25. The number of amides is 1. The van der Waals surface area contributed by atoms with E-state index in [4.69, 9.17) is 4.52 Å². The van der Waals surface area contributed by atoms with Crippen LogP contribution in [0, 0.1) is 19.7 Å². The summed E-state index contributed by atoms with van der Waals surface area (Å²) < 4.78 is 18.1. The van der Waals surface area contributed by atoms with Gasteiger partial charge in [0.2, 0.25) is 0 Å². The summed E-state index contributed by atoms with van der Waals surface area (Å²) in [6, 6.07) is 6.05. The highest BCUT2D eigenvalue weighted by Crippen LogP contribution is 2.32. The molecule has 26 heavy (non-hydrogen) atoms. The highest BCUT2D eigenvalue weighted by molar-refractivity contribution is 5.96. The second-order valence-electron chi connectivity index (χ2n) is 6.84. The number of aliphatic hydroxyl groups is 1. The Balaban J connectivity index is 1.47. The monoisotopic (exact) mass is 361 g/mol. The van der Waals surface area contributed by atoms with Gasteiger partial charge in [0.15, 0.2) is 0 Å². The molecule has 1 amide bonds. The van der Waals surface area contributed by atoms with E-state index in [1.54, 1.807) is 26.0 Å². The van der Waals surface area contributed by atoms with Crippen molar-refractivity contribution >= 4 is 5.91 Å². The molecular weight excluding hydrogens is 337 g/mol. The van der Waals surface area contributed by atoms with Gasteiger partial charge in [-0.3, -0.25) is 4.79 Å². The van der Waals surface area contributed by atoms with Crippen LogP contribution in [-0.4, -0.2) is 47.2 Å². The summed E-state index contributed by atoms with van der Waals surface area (Å²) in [5.41, 5.74) is 0.923. The minimum atomic E-state index is -0.913. The lowest BCUT2D eigenvalue weighted by molar-refractivity contribution is -0.0255. The second-order valence-corrected chi connectivity index (χ2v) is 6.84. The van der Waals surface area contributed by atoms with E-state index >= 15 is 0 Å². The molecule has 0 bridgehead atoms. The van der Waals surface area contributed by atoms with Crippen molar-refractivity contribution in [3.63, 3.8) is 0 Å². The fraction of sp³-hybridized carbons (Fsp3) is 0.474. The third-order valence-corrected chi connectivity index (χ3v) is 5.04. The smallest absolute Gasteiger partial charge is 0.256 e. The highest BCUT2D eigenvalue weighted by atomic mass is 19.1. The molecule has 6 nitrogen and oxygen atoms in total. The molecule has 0 saturated carbocycles. The van der Waals surface area contributed by atoms with Crippen LogP contribution < -0.4 is 5.32 Å². The van der Waals surface area contributed by atoms with Crippen molar-refractivity contribution < 1.29 is 18.8 Å². The molecule has 0 spiro atoms. The molecule has 2 N–H and O–H groups in total. The number of nitrogens with one attached hydrogen (secondary N) is 1. The Kier molecular flexibility index (Phi) is 5.38. The first-order valence-electron chi connectivity index (χ1n) is 8.81. The Morgan fingerprint density at radius 3 is 2.54 bits per heavy atom. The predicted octanol–water partition coefficient (Wildman–Crippen LogP) is 2.14. The quantitative estimate of drug-likeness (QED) is 0.853. The summed E-state index contributed by atoms with van der Waals surface area (Å²) in [4.78, 5) is 14.4. The van der Waals surface area contributed by atoms with Crippen LogP contribution in [0.15, 0.2) is 28.8 Å². The number of piperidine rings is 1. The molecule has 140 valence electrons. The van der Waals surface area contributed by atoms with E-state index in [0.717, 1.165) is 18.7 Å². The van der Waals surface area contributed by atoms with Gasteiger partial charge in [-0.2, -0.15) is 0 Å². The van der Waals surface area contributed by atoms with Crippen molar-refractivity contribution in [2.45, 2.75) is 32.3 Å². The molecule has 1 aromatic carbocycles. The van der Waals surface area contributed by atoms with Crippen LogP contribution in [0.25, 0.3) is 0 Å². The largest absolute Gasteiger partial charge is 0.385 e. The van der Waals surface area contributed by atoms with Crippen molar-refractivity contribution in [2.75, 3.05) is 26.2 Å². The van der Waals surface area contributed by atoms with Gasteiger partial charge in [0.1, 0.15) is 17.1 Å². The van der Waals surface area contributed by atoms with Gasteiger partial charge < -0.3 is 19.8 Å². The average Bonchev–Trinajstić information content (AvgIpc) is 2.96. The van der Waals surface area contributed by atoms with E-state index in [1.165, 1.54) is 12.1 Å². The number of carbonyl (C=O) groups is 1. The third-order valence-electron chi connectivity index (χ3n) is 5.04. The third kappa shape index (κ3) is 3.94. The van der Waals surface area contributed by atoms with Crippen molar-refractivity contribution in [3.05, 3.63) is 52.7 Å². The van der Waals surface area contributed by atoms with Crippen molar-refractivity contribution in [3.8, 4) is 0 Å². The van der Waals surface area contributed by atoms with E-state index in [2.05, 4.69) is 15.4 Å². The van der Waals surface area contributed by atoms with Gasteiger partial charge in [-0.15, -0.1) is 0 Å². The standard InChI is InChI=1S/C19H24FN3O3/c1-13-17(14(2)26-22-13)18(24)21-9-12-23-10-7-19(25,8-11-23)15-3-5-16(20)6-4-15/h3-6,25H,7-12H2,1-2H3,(H,21,24). The molecule has 7 heteroatoms. The second kappa shape index (κ2) is 7.55. The Bertz CT molecular complexity index is 745. The van der Waals surface area contributed by atoms with Crippen LogP contribution in [0.2, 0.25) is 0 Å². The molecule has 0 atom stereocenters. The molecule has 1 saturated heterocycles. The molecule has 1 aromatic heterocycles. The molecule has 2 aromatic rings. The van der Waals surface area contributed by atoms with Crippen LogP contribution >= 0.6 is 0 Å². The summed E-state index contributed by atoms with van der Waals surface area (Å²) in [5.74, 6) is 0.0345. The minimum absolute atomic E-state index is 0.180. The summed E-state index contributed by atoms with van der Waals surface area (Å²) >= 11 is 0. The van der Waals surface area contributed by atoms with E-state index in [9.17, 15) is 14.3 Å². The summed E-state index contributed by atoms with van der Waals surface area (Å²) in [7, 11) is 0. The van der Waals surface area contributed by atoms with Gasteiger partial charge in [0.25, 0.3) is 5.91 Å². The summed E-state index contributed by atoms with van der Waals surface area (Å²) in [5, 5.41) is 17.5. The van der Waals surface area contributed by atoms with Gasteiger partial charge in [0, 0.05) is 26.2 Å². The lowest BCUT2D eigenvalue weighted by Gasteiger charge is -2.38. The summed E-state index contributed by atoms with van der Waals surface area (Å²) in [6.07, 6.45) is 1.16. The number of carbonyl (C=O) groups excluding carboxylic acids is 1. The number of hydrogen-bond acceptors (Lipinski definition) is 5. The van der Waals surface area contributed by atoms with Crippen LogP contribution in [0.3, 0.4) is 0 Å². The molecule has 2 heterocycles. The first kappa shape index (κ1) is 18.5. The number of aromatic nitrogens is 1. The molecule has 3 rings (SSSR count). The van der Waals surface area contributed by atoms with Crippen LogP contribution in [0.1, 0.15) is 40.2 Å². The average molecular weight is 361 g/mol. The zero-order chi connectivity index (χ0) is 18.7. The van der Waals surface area contributed by atoms with Gasteiger partial charge in [-0.05, 0) is 44.4 Å². The maximum Gasteiger partial charge on any atom is 0.256 e. The van der Waals surface area contributed by atoms with Crippen molar-refractivity contribution in [2.24, 2.45) is 0 Å². The molecule has 0 aliphatic carbocycles. The van der Waals surface area contributed by atoms with Crippen LogP contribution in [0.5, 0.6) is 0 Å². The Morgan fingerprint density at radius 1 is 1.31 bits per heavy atom. The highest BCUT2D eigenvalue weighted by Gasteiger charge is 2.33. The van der Waals surface area contributed by atoms with Gasteiger partial charge in [-0.25, -0.2) is 4.39 Å². The van der Waals surface area contributed by atoms with Crippen LogP contribution in [-0.2, 0) is 5.60 Å². The fourth-order valence-electron chi connectivity index (χ4n) is 3.42. The molecule has 0 unspecified atom stereocenters.